The van der Waals surface area contributed by atoms with Crippen LogP contribution in [-0.2, 0) is 4.79 Å². The van der Waals surface area contributed by atoms with Crippen LogP contribution in [0.3, 0.4) is 0 Å². The van der Waals surface area contributed by atoms with Gasteiger partial charge >= 0.3 is 18.0 Å². The number of alkyl halides is 5. The van der Waals surface area contributed by atoms with Gasteiger partial charge in [-0.25, -0.2) is 0 Å². The zero-order valence-electron chi connectivity index (χ0n) is 10.7. The maximum absolute atomic E-state index is 12.9. The van der Waals surface area contributed by atoms with E-state index in [4.69, 9.17) is 0 Å². The first-order valence-electron chi connectivity index (χ1n) is 6.45. The normalized spacial score (nSPS) is 20.1. The fraction of sp³-hybridized carbons (Fsp3) is 0.917. The molecule has 19 heavy (non-hydrogen) atoms. The second-order valence-electron chi connectivity index (χ2n) is 4.96. The molecule has 1 fully saturated rings. The third-order valence-electron chi connectivity index (χ3n) is 3.62. The van der Waals surface area contributed by atoms with Crippen LogP contribution in [0.1, 0.15) is 45.4 Å². The van der Waals surface area contributed by atoms with Gasteiger partial charge in [0.15, 0.2) is 0 Å². The summed E-state index contributed by atoms with van der Waals surface area (Å²) in [6, 6.07) is -0.610. The fourth-order valence-electron chi connectivity index (χ4n) is 2.48. The molecule has 0 aromatic rings. The van der Waals surface area contributed by atoms with Gasteiger partial charge in [-0.1, -0.05) is 26.2 Å². The molecule has 1 saturated carbocycles. The van der Waals surface area contributed by atoms with E-state index in [1.54, 1.807) is 6.92 Å². The van der Waals surface area contributed by atoms with E-state index in [9.17, 15) is 26.7 Å². The number of rotatable bonds is 4. The Labute approximate surface area is 108 Å². The van der Waals surface area contributed by atoms with Crippen molar-refractivity contribution in [3.8, 4) is 0 Å². The number of amides is 1. The Morgan fingerprint density at radius 2 is 1.68 bits per heavy atom. The molecule has 112 valence electrons. The minimum absolute atomic E-state index is 0.00765. The second kappa shape index (κ2) is 6.05. The third-order valence-corrected chi connectivity index (χ3v) is 3.62. The van der Waals surface area contributed by atoms with E-state index in [1.165, 1.54) is 0 Å². The van der Waals surface area contributed by atoms with Crippen molar-refractivity contribution in [2.45, 2.75) is 63.6 Å². The third kappa shape index (κ3) is 3.79. The molecular weight excluding hydrogens is 269 g/mol. The summed E-state index contributed by atoms with van der Waals surface area (Å²) < 4.78 is 61.9. The lowest BCUT2D eigenvalue weighted by molar-refractivity contribution is -0.270. The van der Waals surface area contributed by atoms with E-state index < -0.39 is 24.0 Å². The maximum atomic E-state index is 12.9. The molecule has 1 atom stereocenters. The first kappa shape index (κ1) is 16.2. The fourth-order valence-corrected chi connectivity index (χ4v) is 2.48. The lowest BCUT2D eigenvalue weighted by atomic mass is 9.83. The Balaban J connectivity index is 2.67. The molecule has 0 aliphatic heterocycles. The Morgan fingerprint density at radius 3 is 2.11 bits per heavy atom. The molecule has 1 amide bonds. The van der Waals surface area contributed by atoms with E-state index in [0.29, 0.717) is 6.42 Å². The van der Waals surface area contributed by atoms with E-state index in [2.05, 4.69) is 0 Å². The van der Waals surface area contributed by atoms with Gasteiger partial charge in [0.25, 0.3) is 0 Å². The average molecular weight is 287 g/mol. The molecule has 0 spiro atoms. The summed E-state index contributed by atoms with van der Waals surface area (Å²) in [5.74, 6) is -7.57. The van der Waals surface area contributed by atoms with E-state index in [-0.39, 0.29) is 5.92 Å². The van der Waals surface area contributed by atoms with Crippen LogP contribution in [0, 0.1) is 5.92 Å². The van der Waals surface area contributed by atoms with Gasteiger partial charge in [-0.3, -0.25) is 4.79 Å². The molecular formula is C12H18F5NO. The standard InChI is InChI=1S/C12H18F5NO/c1-2-9(8-6-4-3-5-7-8)18-10(19)11(13,14)12(15,16)17/h8-9H,2-7H2,1H3,(H,18,19). The number of carbonyl (C=O) groups is 1. The number of hydrogen-bond acceptors (Lipinski definition) is 1. The quantitative estimate of drug-likeness (QED) is 0.785. The first-order valence-corrected chi connectivity index (χ1v) is 6.45. The minimum Gasteiger partial charge on any atom is -0.348 e. The Kier molecular flexibility index (Phi) is 5.15. The molecule has 0 heterocycles. The van der Waals surface area contributed by atoms with Gasteiger partial charge in [-0.2, -0.15) is 22.0 Å². The summed E-state index contributed by atoms with van der Waals surface area (Å²) >= 11 is 0. The topological polar surface area (TPSA) is 29.1 Å². The van der Waals surface area contributed by atoms with Gasteiger partial charge in [0, 0.05) is 6.04 Å². The Bertz CT molecular complexity index is 310. The van der Waals surface area contributed by atoms with Crippen LogP contribution in [0.2, 0.25) is 0 Å². The molecule has 0 bridgehead atoms. The summed E-state index contributed by atoms with van der Waals surface area (Å²) in [4.78, 5) is 11.1. The Hall–Kier alpha value is -0.880. The van der Waals surface area contributed by atoms with Crippen molar-refractivity contribution < 1.29 is 26.7 Å². The highest BCUT2D eigenvalue weighted by atomic mass is 19.4. The Morgan fingerprint density at radius 1 is 1.16 bits per heavy atom. The smallest absolute Gasteiger partial charge is 0.348 e. The molecule has 1 rings (SSSR count). The molecule has 0 aromatic carbocycles. The van der Waals surface area contributed by atoms with Gasteiger partial charge in [0.2, 0.25) is 0 Å². The summed E-state index contributed by atoms with van der Waals surface area (Å²) in [5.41, 5.74) is 0. The predicted octanol–water partition coefficient (Wildman–Crippen LogP) is 3.66. The second-order valence-corrected chi connectivity index (χ2v) is 4.96. The summed E-state index contributed by atoms with van der Waals surface area (Å²) in [6.45, 7) is 1.67. The molecule has 2 nitrogen and oxygen atoms in total. The largest absolute Gasteiger partial charge is 0.463 e. The zero-order valence-corrected chi connectivity index (χ0v) is 10.7. The van der Waals surface area contributed by atoms with Crippen molar-refractivity contribution in [2.24, 2.45) is 5.92 Å². The van der Waals surface area contributed by atoms with Crippen molar-refractivity contribution >= 4 is 5.91 Å². The van der Waals surface area contributed by atoms with Gasteiger partial charge in [0.05, 0.1) is 0 Å². The lowest BCUT2D eigenvalue weighted by Gasteiger charge is -2.31. The van der Waals surface area contributed by atoms with Crippen LogP contribution in [0.15, 0.2) is 0 Å². The van der Waals surface area contributed by atoms with Crippen molar-refractivity contribution in [3.05, 3.63) is 0 Å². The highest BCUT2D eigenvalue weighted by molar-refractivity contribution is 5.84. The number of halogens is 5. The summed E-state index contributed by atoms with van der Waals surface area (Å²) in [7, 11) is 0. The zero-order chi connectivity index (χ0) is 14.7. The maximum Gasteiger partial charge on any atom is 0.463 e. The van der Waals surface area contributed by atoms with Crippen LogP contribution < -0.4 is 5.32 Å². The molecule has 1 unspecified atom stereocenters. The number of nitrogens with one attached hydrogen (secondary N) is 1. The highest BCUT2D eigenvalue weighted by Crippen LogP contribution is 2.36. The predicted molar refractivity (Wildman–Crippen MR) is 59.8 cm³/mol. The molecule has 0 radical (unpaired) electrons. The molecule has 1 aliphatic rings. The van der Waals surface area contributed by atoms with Gasteiger partial charge < -0.3 is 5.32 Å². The first-order chi connectivity index (χ1) is 8.70. The van der Waals surface area contributed by atoms with Crippen LogP contribution in [-0.4, -0.2) is 24.0 Å². The van der Waals surface area contributed by atoms with E-state index in [0.717, 1.165) is 32.1 Å². The van der Waals surface area contributed by atoms with Crippen LogP contribution in [0.4, 0.5) is 22.0 Å². The van der Waals surface area contributed by atoms with Crippen LogP contribution in [0.25, 0.3) is 0 Å². The summed E-state index contributed by atoms with van der Waals surface area (Å²) in [6.07, 6.45) is -1.09. The van der Waals surface area contributed by atoms with E-state index in [1.807, 2.05) is 5.32 Å². The van der Waals surface area contributed by atoms with Crippen LogP contribution >= 0.6 is 0 Å². The number of hydrogen-bond donors (Lipinski definition) is 1. The summed E-state index contributed by atoms with van der Waals surface area (Å²) in [5, 5.41) is 1.87. The van der Waals surface area contributed by atoms with Crippen molar-refractivity contribution in [1.29, 1.82) is 0 Å². The molecule has 1 N–H and O–H groups in total. The van der Waals surface area contributed by atoms with Gasteiger partial charge in [-0.15, -0.1) is 0 Å². The van der Waals surface area contributed by atoms with Gasteiger partial charge in [0.1, 0.15) is 0 Å². The van der Waals surface area contributed by atoms with Gasteiger partial charge in [-0.05, 0) is 25.2 Å². The highest BCUT2D eigenvalue weighted by Gasteiger charge is 2.63. The minimum atomic E-state index is -5.85. The molecule has 7 heteroatoms. The number of carbonyl (C=O) groups excluding carboxylic acids is 1. The SMILES string of the molecule is CCC(NC(=O)C(F)(F)C(F)(F)F)C1CCCCC1. The monoisotopic (exact) mass is 287 g/mol. The molecule has 0 saturated heterocycles. The van der Waals surface area contributed by atoms with Crippen LogP contribution in [0.5, 0.6) is 0 Å². The van der Waals surface area contributed by atoms with Crippen molar-refractivity contribution in [2.75, 3.05) is 0 Å². The van der Waals surface area contributed by atoms with E-state index >= 15 is 0 Å². The van der Waals surface area contributed by atoms with Crippen molar-refractivity contribution in [3.63, 3.8) is 0 Å². The molecule has 1 aliphatic carbocycles. The van der Waals surface area contributed by atoms with Crippen molar-refractivity contribution in [1.82, 2.24) is 5.32 Å². The lowest BCUT2D eigenvalue weighted by Crippen LogP contribution is -2.54. The molecule has 0 aromatic heterocycles. The average Bonchev–Trinajstić information content (AvgIpc) is 2.35.